The summed E-state index contributed by atoms with van der Waals surface area (Å²) in [5.41, 5.74) is 16.8. The maximum Gasteiger partial charge on any atom is 0.160 e. The molecule has 0 fully saturated rings. The number of hydrogen-bond acceptors (Lipinski definition) is 3. The highest BCUT2D eigenvalue weighted by Crippen LogP contribution is 2.59. The summed E-state index contributed by atoms with van der Waals surface area (Å²) in [6, 6.07) is 67.3. The molecule has 0 spiro atoms. The Bertz CT molecular complexity index is 3560. The van der Waals surface area contributed by atoms with E-state index in [0.717, 1.165) is 46.0 Å². The van der Waals surface area contributed by atoms with Crippen LogP contribution < -0.4 is 0 Å². The lowest BCUT2D eigenvalue weighted by Crippen LogP contribution is -2.20. The molecule has 8 aromatic carbocycles. The molecule has 3 unspecified atom stereocenters. The molecule has 3 nitrogen and oxygen atoms in total. The molecule has 3 atom stereocenters. The van der Waals surface area contributed by atoms with Crippen LogP contribution in [0.15, 0.2) is 210 Å². The van der Waals surface area contributed by atoms with E-state index in [9.17, 15) is 0 Å². The Morgan fingerprint density at radius 3 is 2.02 bits per heavy atom. The van der Waals surface area contributed by atoms with Crippen LogP contribution in [0, 0.1) is 5.92 Å². The van der Waals surface area contributed by atoms with E-state index in [2.05, 4.69) is 206 Å². The smallest absolute Gasteiger partial charge is 0.160 e. The quantitative estimate of drug-likeness (QED) is 0.177. The van der Waals surface area contributed by atoms with Crippen molar-refractivity contribution in [3.05, 3.63) is 228 Å². The number of hydrogen-bond donors (Lipinski definition) is 0. The number of aromatic nitrogens is 3. The first-order chi connectivity index (χ1) is 31.2. The number of fused-ring (bicyclic) bond motifs is 16. The molecule has 0 saturated carbocycles. The first kappa shape index (κ1) is 36.4. The molecule has 13 rings (SSSR count). The number of allylic oxidation sites excluding steroid dienone is 4. The third-order valence-corrected chi connectivity index (χ3v) is 14.8. The molecule has 0 amide bonds. The van der Waals surface area contributed by atoms with Gasteiger partial charge in [-0.2, -0.15) is 0 Å². The molecule has 0 N–H and O–H groups in total. The Labute approximate surface area is 371 Å². The van der Waals surface area contributed by atoms with E-state index in [1.807, 2.05) is 17.8 Å². The van der Waals surface area contributed by atoms with Gasteiger partial charge in [0.2, 0.25) is 0 Å². The SMILES string of the molecule is CC1C=C(c2cc(-c3cccc(-n4c5c6c(ccc5c5ccc7ccccc7c54)C4c5ccccc5-c5ccccc5C4c4ccccc4S6)c3)nc(-c3ccccc3)n2)C=CC1. The number of benzene rings is 8. The lowest BCUT2D eigenvalue weighted by atomic mass is 9.66. The summed E-state index contributed by atoms with van der Waals surface area (Å²) in [5.74, 6) is 1.48. The maximum absolute atomic E-state index is 5.30. The van der Waals surface area contributed by atoms with Crippen LogP contribution >= 0.6 is 11.8 Å². The Balaban J connectivity index is 1.10. The second-order valence-corrected chi connectivity index (χ2v) is 18.3. The largest absolute Gasteiger partial charge is 0.307 e. The van der Waals surface area contributed by atoms with E-state index < -0.39 is 0 Å². The van der Waals surface area contributed by atoms with Crippen LogP contribution in [0.3, 0.4) is 0 Å². The molecule has 298 valence electrons. The Morgan fingerprint density at radius 2 is 1.19 bits per heavy atom. The highest BCUT2D eigenvalue weighted by Gasteiger charge is 2.40. The number of nitrogens with zero attached hydrogens (tertiary/aromatic N) is 3. The third kappa shape index (κ3) is 5.75. The molecular formula is C59H41N3S. The van der Waals surface area contributed by atoms with E-state index in [1.54, 1.807) is 0 Å². The second-order valence-electron chi connectivity index (χ2n) is 17.3. The average Bonchev–Trinajstić information content (AvgIpc) is 3.61. The summed E-state index contributed by atoms with van der Waals surface area (Å²) in [4.78, 5) is 13.1. The van der Waals surface area contributed by atoms with E-state index in [0.29, 0.717) is 5.92 Å². The zero-order chi connectivity index (χ0) is 41.6. The average molecular weight is 824 g/mol. The van der Waals surface area contributed by atoms with Crippen molar-refractivity contribution in [2.45, 2.75) is 35.0 Å². The van der Waals surface area contributed by atoms with E-state index in [1.165, 1.54) is 75.7 Å². The summed E-state index contributed by atoms with van der Waals surface area (Å²) in [5, 5.41) is 4.97. The van der Waals surface area contributed by atoms with Crippen LogP contribution in [0.1, 0.15) is 53.1 Å². The van der Waals surface area contributed by atoms with Crippen LogP contribution in [-0.4, -0.2) is 14.5 Å². The van der Waals surface area contributed by atoms with Gasteiger partial charge in [0, 0.05) is 54.6 Å². The standard InChI is InChI=1S/C59H41N3S/c1-36-15-13-19-39(33-36)51-35-52(61-59(60-51)38-17-3-2-4-18-38)40-20-14-21-41(34-40)62-56-42-22-6-5-16-37(42)29-30-47(56)48-31-32-50-55-46-26-10-8-24-44(46)43-23-7-9-25-45(43)54(55)49-27-11-12-28-53(49)63-58(50)57(48)62/h2-14,16-36,54-55H,15H2,1H3. The van der Waals surface area contributed by atoms with Gasteiger partial charge in [0.05, 0.1) is 22.4 Å². The lowest BCUT2D eigenvalue weighted by molar-refractivity contribution is 0.671. The van der Waals surface area contributed by atoms with Gasteiger partial charge >= 0.3 is 0 Å². The molecule has 0 bridgehead atoms. The predicted octanol–water partition coefficient (Wildman–Crippen LogP) is 15.4. The first-order valence-corrected chi connectivity index (χ1v) is 22.9. The van der Waals surface area contributed by atoms with Crippen molar-refractivity contribution in [1.82, 2.24) is 14.5 Å². The van der Waals surface area contributed by atoms with Gasteiger partial charge < -0.3 is 4.57 Å². The molecule has 0 radical (unpaired) electrons. The van der Waals surface area contributed by atoms with Crippen molar-refractivity contribution in [2.75, 3.05) is 0 Å². The van der Waals surface area contributed by atoms with Gasteiger partial charge in [-0.3, -0.25) is 0 Å². The van der Waals surface area contributed by atoms with Crippen LogP contribution in [0.4, 0.5) is 0 Å². The molecule has 0 saturated heterocycles. The first-order valence-electron chi connectivity index (χ1n) is 22.0. The molecule has 10 aromatic rings. The molecule has 2 aliphatic carbocycles. The topological polar surface area (TPSA) is 30.7 Å². The van der Waals surface area contributed by atoms with Gasteiger partial charge in [-0.25, -0.2) is 9.97 Å². The van der Waals surface area contributed by atoms with Crippen molar-refractivity contribution in [2.24, 2.45) is 5.92 Å². The highest BCUT2D eigenvalue weighted by molar-refractivity contribution is 7.99. The fourth-order valence-corrected chi connectivity index (χ4v) is 12.0. The van der Waals surface area contributed by atoms with Gasteiger partial charge in [0.15, 0.2) is 5.82 Å². The predicted molar refractivity (Wildman–Crippen MR) is 262 cm³/mol. The van der Waals surface area contributed by atoms with Crippen LogP contribution in [0.2, 0.25) is 0 Å². The Hall–Kier alpha value is -7.27. The van der Waals surface area contributed by atoms with Gasteiger partial charge in [-0.05, 0) is 80.9 Å². The summed E-state index contributed by atoms with van der Waals surface area (Å²) in [6.45, 7) is 2.27. The summed E-state index contributed by atoms with van der Waals surface area (Å²) < 4.78 is 2.57. The molecule has 2 aromatic heterocycles. The molecule has 1 aliphatic heterocycles. The highest BCUT2D eigenvalue weighted by atomic mass is 32.2. The fourth-order valence-electron chi connectivity index (χ4n) is 10.8. The molecule has 4 heteroatoms. The second kappa shape index (κ2) is 14.4. The summed E-state index contributed by atoms with van der Waals surface area (Å²) >= 11 is 1.94. The van der Waals surface area contributed by atoms with Crippen LogP contribution in [-0.2, 0) is 0 Å². The summed E-state index contributed by atoms with van der Waals surface area (Å²) in [6.07, 6.45) is 7.87. The molecule has 3 heterocycles. The fraction of sp³-hybridized carbons (Fsp3) is 0.0847. The minimum Gasteiger partial charge on any atom is -0.307 e. The lowest BCUT2D eigenvalue weighted by Gasteiger charge is -2.36. The van der Waals surface area contributed by atoms with E-state index in [4.69, 9.17) is 9.97 Å². The number of rotatable bonds is 4. The minimum absolute atomic E-state index is 0.128. The van der Waals surface area contributed by atoms with Gasteiger partial charge in [-0.1, -0.05) is 195 Å². The molecule has 3 aliphatic rings. The van der Waals surface area contributed by atoms with Crippen molar-refractivity contribution in [1.29, 1.82) is 0 Å². The Kier molecular flexibility index (Phi) is 8.32. The normalized spacial score (nSPS) is 17.3. The van der Waals surface area contributed by atoms with Gasteiger partial charge in [-0.15, -0.1) is 0 Å². The van der Waals surface area contributed by atoms with Gasteiger partial charge in [0.25, 0.3) is 0 Å². The maximum atomic E-state index is 5.30. The minimum atomic E-state index is 0.128. The molecular weight excluding hydrogens is 783 g/mol. The van der Waals surface area contributed by atoms with Gasteiger partial charge in [0.1, 0.15) is 0 Å². The van der Waals surface area contributed by atoms with E-state index in [-0.39, 0.29) is 11.8 Å². The zero-order valence-corrected chi connectivity index (χ0v) is 35.6. The molecule has 63 heavy (non-hydrogen) atoms. The van der Waals surface area contributed by atoms with Crippen LogP contribution in [0.25, 0.3) is 77.6 Å². The zero-order valence-electron chi connectivity index (χ0n) is 34.7. The third-order valence-electron chi connectivity index (χ3n) is 13.5. The van der Waals surface area contributed by atoms with Crippen molar-refractivity contribution < 1.29 is 0 Å². The van der Waals surface area contributed by atoms with Crippen LogP contribution in [0.5, 0.6) is 0 Å². The monoisotopic (exact) mass is 823 g/mol. The van der Waals surface area contributed by atoms with Crippen molar-refractivity contribution >= 4 is 49.9 Å². The van der Waals surface area contributed by atoms with Crippen molar-refractivity contribution in [3.63, 3.8) is 0 Å². The Morgan fingerprint density at radius 1 is 0.524 bits per heavy atom. The van der Waals surface area contributed by atoms with E-state index >= 15 is 0 Å². The summed E-state index contributed by atoms with van der Waals surface area (Å²) in [7, 11) is 0. The van der Waals surface area contributed by atoms with Crippen molar-refractivity contribution in [3.8, 4) is 39.5 Å².